The van der Waals surface area contributed by atoms with Crippen molar-refractivity contribution in [3.05, 3.63) is 17.5 Å². The summed E-state index contributed by atoms with van der Waals surface area (Å²) in [6.45, 7) is 4.01. The maximum atomic E-state index is 10.8. The Hall–Kier alpha value is -1.36. The Morgan fingerprint density at radius 1 is 1.77 bits per heavy atom. The van der Waals surface area contributed by atoms with Crippen LogP contribution in [-0.2, 0) is 6.54 Å². The molecule has 1 rings (SSSR count). The molecule has 1 heterocycles. The minimum absolute atomic E-state index is 0.0337. The van der Waals surface area contributed by atoms with Crippen LogP contribution in [0.3, 0.4) is 0 Å². The number of aromatic carboxylic acids is 1. The molecule has 0 saturated carbocycles. The second-order valence-electron chi connectivity index (χ2n) is 3.07. The highest BCUT2D eigenvalue weighted by atomic mass is 16.4. The molecule has 0 spiro atoms. The Morgan fingerprint density at radius 3 is 2.69 bits per heavy atom. The van der Waals surface area contributed by atoms with E-state index in [0.717, 1.165) is 0 Å². The molecule has 0 saturated heterocycles. The van der Waals surface area contributed by atoms with Crippen LogP contribution in [0.5, 0.6) is 0 Å². The van der Waals surface area contributed by atoms with Gasteiger partial charge in [-0.05, 0) is 19.9 Å². The number of nitrogens with zero attached hydrogens (tertiary/aromatic N) is 2. The van der Waals surface area contributed by atoms with Crippen molar-refractivity contribution in [3.63, 3.8) is 0 Å². The van der Waals surface area contributed by atoms with Crippen LogP contribution in [0, 0.1) is 0 Å². The molecule has 3 N–H and O–H groups in total. The molecular weight excluding hydrogens is 170 g/mol. The van der Waals surface area contributed by atoms with Crippen LogP contribution in [0.2, 0.25) is 0 Å². The van der Waals surface area contributed by atoms with Gasteiger partial charge in [-0.25, -0.2) is 4.79 Å². The van der Waals surface area contributed by atoms with E-state index in [1.807, 2.05) is 13.8 Å². The van der Waals surface area contributed by atoms with E-state index in [0.29, 0.717) is 5.69 Å². The fourth-order valence-electron chi connectivity index (χ4n) is 1.10. The predicted octanol–water partition coefficient (Wildman–Crippen LogP) is 0.621. The van der Waals surface area contributed by atoms with E-state index in [-0.39, 0.29) is 18.3 Å². The number of hydrogen-bond donors (Lipinski definition) is 2. The number of carbonyl (C=O) groups is 1. The summed E-state index contributed by atoms with van der Waals surface area (Å²) in [4.78, 5) is 10.8. The van der Waals surface area contributed by atoms with E-state index in [9.17, 15) is 4.79 Å². The summed E-state index contributed by atoms with van der Waals surface area (Å²) < 4.78 is 1.46. The Bertz CT molecular complexity index is 317. The van der Waals surface area contributed by atoms with Crippen molar-refractivity contribution in [2.24, 2.45) is 5.73 Å². The molecular formula is C8H13N3O2. The van der Waals surface area contributed by atoms with Gasteiger partial charge in [0.1, 0.15) is 5.69 Å². The van der Waals surface area contributed by atoms with Crippen molar-refractivity contribution in [3.8, 4) is 0 Å². The monoisotopic (exact) mass is 183 g/mol. The molecule has 0 unspecified atom stereocenters. The molecule has 0 aliphatic rings. The fraction of sp³-hybridized carbons (Fsp3) is 0.500. The van der Waals surface area contributed by atoms with Gasteiger partial charge in [-0.15, -0.1) is 0 Å². The standard InChI is InChI=1S/C8H13N3O2/c1-5(2)11-7(8(12)13)3-6(4-9)10-11/h3,5H,4,9H2,1-2H3,(H,12,13). The largest absolute Gasteiger partial charge is 0.477 e. The van der Waals surface area contributed by atoms with Gasteiger partial charge in [-0.1, -0.05) is 0 Å². The number of carboxylic acid groups (broad SMARTS) is 1. The van der Waals surface area contributed by atoms with Crippen molar-refractivity contribution < 1.29 is 9.90 Å². The zero-order valence-corrected chi connectivity index (χ0v) is 7.69. The summed E-state index contributed by atoms with van der Waals surface area (Å²) in [5.74, 6) is -0.971. The molecule has 5 nitrogen and oxygen atoms in total. The third-order valence-electron chi connectivity index (χ3n) is 1.70. The molecule has 0 aliphatic heterocycles. The lowest BCUT2D eigenvalue weighted by atomic mass is 10.3. The first-order chi connectivity index (χ1) is 6.06. The van der Waals surface area contributed by atoms with E-state index in [1.54, 1.807) is 0 Å². The molecule has 0 fully saturated rings. The lowest BCUT2D eigenvalue weighted by Crippen LogP contribution is -2.12. The average Bonchev–Trinajstić information content (AvgIpc) is 2.47. The van der Waals surface area contributed by atoms with Crippen LogP contribution in [0.15, 0.2) is 6.07 Å². The summed E-state index contributed by atoms with van der Waals surface area (Å²) in [6.07, 6.45) is 0. The summed E-state index contributed by atoms with van der Waals surface area (Å²) in [7, 11) is 0. The highest BCUT2D eigenvalue weighted by Crippen LogP contribution is 2.10. The van der Waals surface area contributed by atoms with Crippen LogP contribution in [0.4, 0.5) is 0 Å². The minimum atomic E-state index is -0.971. The van der Waals surface area contributed by atoms with Gasteiger partial charge in [-0.3, -0.25) is 4.68 Å². The Kier molecular flexibility index (Phi) is 2.67. The third kappa shape index (κ3) is 1.86. The molecule has 0 aromatic carbocycles. The molecule has 0 atom stereocenters. The van der Waals surface area contributed by atoms with Gasteiger partial charge in [0.25, 0.3) is 0 Å². The summed E-state index contributed by atoms with van der Waals surface area (Å²) in [6, 6.07) is 1.54. The van der Waals surface area contributed by atoms with Crippen LogP contribution < -0.4 is 5.73 Å². The molecule has 0 bridgehead atoms. The molecule has 0 aliphatic carbocycles. The van der Waals surface area contributed by atoms with Gasteiger partial charge >= 0.3 is 5.97 Å². The molecule has 0 amide bonds. The number of hydrogen-bond acceptors (Lipinski definition) is 3. The molecule has 5 heteroatoms. The molecule has 0 radical (unpaired) electrons. The number of nitrogens with two attached hydrogens (primary N) is 1. The SMILES string of the molecule is CC(C)n1nc(CN)cc1C(=O)O. The van der Waals surface area contributed by atoms with Crippen molar-refractivity contribution >= 4 is 5.97 Å². The predicted molar refractivity (Wildman–Crippen MR) is 47.5 cm³/mol. The minimum Gasteiger partial charge on any atom is -0.477 e. The summed E-state index contributed by atoms with van der Waals surface area (Å²) in [5, 5.41) is 12.9. The highest BCUT2D eigenvalue weighted by molar-refractivity contribution is 5.85. The van der Waals surface area contributed by atoms with Gasteiger partial charge in [-0.2, -0.15) is 5.10 Å². The van der Waals surface area contributed by atoms with E-state index < -0.39 is 5.97 Å². The molecule has 1 aromatic heterocycles. The zero-order valence-electron chi connectivity index (χ0n) is 7.69. The van der Waals surface area contributed by atoms with Gasteiger partial charge in [0.15, 0.2) is 0 Å². The van der Waals surface area contributed by atoms with E-state index >= 15 is 0 Å². The quantitative estimate of drug-likeness (QED) is 0.719. The molecule has 1 aromatic rings. The van der Waals surface area contributed by atoms with E-state index in [1.165, 1.54) is 10.7 Å². The normalized spacial score (nSPS) is 10.8. The second-order valence-corrected chi connectivity index (χ2v) is 3.07. The maximum absolute atomic E-state index is 10.8. The van der Waals surface area contributed by atoms with Crippen molar-refractivity contribution in [1.82, 2.24) is 9.78 Å². The highest BCUT2D eigenvalue weighted by Gasteiger charge is 2.15. The molecule has 13 heavy (non-hydrogen) atoms. The van der Waals surface area contributed by atoms with Gasteiger partial charge in [0.2, 0.25) is 0 Å². The van der Waals surface area contributed by atoms with Crippen molar-refractivity contribution in [1.29, 1.82) is 0 Å². The van der Waals surface area contributed by atoms with Gasteiger partial charge < -0.3 is 10.8 Å². The van der Waals surface area contributed by atoms with Crippen molar-refractivity contribution in [2.45, 2.75) is 26.4 Å². The second kappa shape index (κ2) is 3.57. The lowest BCUT2D eigenvalue weighted by Gasteiger charge is -2.06. The Balaban J connectivity index is 3.15. The zero-order chi connectivity index (χ0) is 10.0. The Labute approximate surface area is 76.2 Å². The topological polar surface area (TPSA) is 81.1 Å². The summed E-state index contributed by atoms with van der Waals surface area (Å²) in [5.41, 5.74) is 6.16. The van der Waals surface area contributed by atoms with Gasteiger partial charge in [0, 0.05) is 12.6 Å². The van der Waals surface area contributed by atoms with Crippen LogP contribution in [-0.4, -0.2) is 20.9 Å². The fourth-order valence-corrected chi connectivity index (χ4v) is 1.10. The van der Waals surface area contributed by atoms with E-state index in [4.69, 9.17) is 10.8 Å². The third-order valence-corrected chi connectivity index (χ3v) is 1.70. The van der Waals surface area contributed by atoms with Crippen molar-refractivity contribution in [2.75, 3.05) is 0 Å². The summed E-state index contributed by atoms with van der Waals surface area (Å²) >= 11 is 0. The average molecular weight is 183 g/mol. The molecule has 72 valence electrons. The lowest BCUT2D eigenvalue weighted by molar-refractivity contribution is 0.0681. The Morgan fingerprint density at radius 2 is 2.38 bits per heavy atom. The van der Waals surface area contributed by atoms with E-state index in [2.05, 4.69) is 5.10 Å². The first-order valence-electron chi connectivity index (χ1n) is 4.08. The maximum Gasteiger partial charge on any atom is 0.354 e. The first kappa shape index (κ1) is 9.73. The number of rotatable bonds is 3. The van der Waals surface area contributed by atoms with Crippen LogP contribution in [0.1, 0.15) is 36.1 Å². The van der Waals surface area contributed by atoms with Crippen LogP contribution in [0.25, 0.3) is 0 Å². The first-order valence-corrected chi connectivity index (χ1v) is 4.08. The number of carboxylic acids is 1. The van der Waals surface area contributed by atoms with Gasteiger partial charge in [0.05, 0.1) is 5.69 Å². The smallest absolute Gasteiger partial charge is 0.354 e. The van der Waals surface area contributed by atoms with Crippen LogP contribution >= 0.6 is 0 Å². The number of aromatic nitrogens is 2.